The van der Waals surface area contributed by atoms with E-state index in [2.05, 4.69) is 36.8 Å². The number of rotatable bonds is 16. The molecule has 0 saturated carbocycles. The number of para-hydroxylation sites is 2. The molecule has 3 rings (SSSR count). The van der Waals surface area contributed by atoms with Crippen molar-refractivity contribution in [1.29, 1.82) is 0 Å². The highest BCUT2D eigenvalue weighted by molar-refractivity contribution is 5.82. The number of aromatic hydroxyl groups is 2. The van der Waals surface area contributed by atoms with E-state index in [1.165, 1.54) is 0 Å². The topological polar surface area (TPSA) is 83.0 Å². The first-order valence-corrected chi connectivity index (χ1v) is 14.0. The van der Waals surface area contributed by atoms with Gasteiger partial charge in [-0.2, -0.15) is 0 Å². The summed E-state index contributed by atoms with van der Waals surface area (Å²) in [5.41, 5.74) is 4.73. The number of methoxy groups -OCH3 is 2. The van der Waals surface area contributed by atoms with Crippen molar-refractivity contribution in [3.8, 4) is 11.5 Å². The van der Waals surface area contributed by atoms with Crippen LogP contribution in [0.15, 0.2) is 85.4 Å². The maximum atomic E-state index is 11.1. The summed E-state index contributed by atoms with van der Waals surface area (Å²) in [6.45, 7) is 11.7. The molecular formula is C34H44N2O4. The van der Waals surface area contributed by atoms with Crippen molar-refractivity contribution in [2.75, 3.05) is 20.8 Å². The van der Waals surface area contributed by atoms with E-state index in [0.717, 1.165) is 66.7 Å². The lowest BCUT2D eigenvalue weighted by molar-refractivity contribution is 0.279. The van der Waals surface area contributed by atoms with Gasteiger partial charge >= 0.3 is 0 Å². The molecule has 6 nitrogen and oxygen atoms in total. The summed E-state index contributed by atoms with van der Waals surface area (Å²) >= 11 is 0. The summed E-state index contributed by atoms with van der Waals surface area (Å²) in [5, 5.41) is 29.3. The van der Waals surface area contributed by atoms with E-state index < -0.39 is 0 Å². The van der Waals surface area contributed by atoms with Crippen LogP contribution in [0.5, 0.6) is 11.5 Å². The molecule has 1 aliphatic carbocycles. The summed E-state index contributed by atoms with van der Waals surface area (Å²) in [6, 6.07) is 11.7. The highest BCUT2D eigenvalue weighted by Crippen LogP contribution is 2.35. The minimum atomic E-state index is 0.189. The van der Waals surface area contributed by atoms with E-state index in [4.69, 9.17) is 9.47 Å². The summed E-state index contributed by atoms with van der Waals surface area (Å²) in [7, 11) is 3.24. The zero-order valence-electron chi connectivity index (χ0n) is 24.1. The van der Waals surface area contributed by atoms with Gasteiger partial charge in [0.2, 0.25) is 0 Å². The second-order valence-electron chi connectivity index (χ2n) is 9.90. The van der Waals surface area contributed by atoms with Gasteiger partial charge in [0.05, 0.1) is 14.2 Å². The van der Waals surface area contributed by atoms with Gasteiger partial charge in [0, 0.05) is 65.5 Å². The number of benzene rings is 2. The summed E-state index contributed by atoms with van der Waals surface area (Å²) < 4.78 is 10.9. The Bertz CT molecular complexity index is 1260. The van der Waals surface area contributed by atoms with Crippen LogP contribution in [0.3, 0.4) is 0 Å². The number of hydrogen-bond donors (Lipinski definition) is 4. The molecule has 40 heavy (non-hydrogen) atoms. The van der Waals surface area contributed by atoms with Crippen molar-refractivity contribution < 1.29 is 19.7 Å². The predicted octanol–water partition coefficient (Wildman–Crippen LogP) is 6.97. The normalized spacial score (nSPS) is 14.2. The molecule has 0 spiro atoms. The standard InChI is InChI=1S/C34H44N2O4/c1-6-8-16-27(36-22-26-15-12-18-30(34(26)38)28(13-7-2)24(3)39-4)23-35-21-25-14-11-19-31(33(25)37)29-17-9-10-20-32(29)40-5/h7,9,11-15,17-19,27,35-38H,2-3,6,8,10,16,20-23H2,1,4-5H3/b28-13+. The first-order chi connectivity index (χ1) is 19.4. The average Bonchev–Trinajstić information content (AvgIpc) is 2.98. The molecule has 0 aliphatic heterocycles. The maximum absolute atomic E-state index is 11.1. The largest absolute Gasteiger partial charge is 0.507 e. The van der Waals surface area contributed by atoms with Crippen LogP contribution < -0.4 is 10.6 Å². The van der Waals surface area contributed by atoms with Gasteiger partial charge in [-0.1, -0.05) is 93.6 Å². The molecule has 1 aliphatic rings. The third-order valence-corrected chi connectivity index (χ3v) is 7.21. The van der Waals surface area contributed by atoms with Crippen LogP contribution in [-0.2, 0) is 22.6 Å². The van der Waals surface area contributed by atoms with Crippen LogP contribution in [0.4, 0.5) is 0 Å². The Morgan fingerprint density at radius 2 is 1.82 bits per heavy atom. The number of nitrogens with one attached hydrogen (secondary N) is 2. The summed E-state index contributed by atoms with van der Waals surface area (Å²) in [6.07, 6.45) is 12.5. The molecule has 1 unspecified atom stereocenters. The Morgan fingerprint density at radius 3 is 2.52 bits per heavy atom. The summed E-state index contributed by atoms with van der Waals surface area (Å²) in [5.74, 6) is 1.85. The Labute approximate surface area is 239 Å². The van der Waals surface area contributed by atoms with E-state index in [0.29, 0.717) is 30.0 Å². The number of unbranched alkanes of at least 4 members (excludes halogenated alkanes) is 1. The first-order valence-electron chi connectivity index (χ1n) is 14.0. The van der Waals surface area contributed by atoms with Gasteiger partial charge in [-0.3, -0.25) is 0 Å². The van der Waals surface area contributed by atoms with Crippen LogP contribution in [-0.4, -0.2) is 37.0 Å². The van der Waals surface area contributed by atoms with Crippen LogP contribution >= 0.6 is 0 Å². The van der Waals surface area contributed by atoms with Crippen molar-refractivity contribution in [2.24, 2.45) is 0 Å². The minimum absolute atomic E-state index is 0.189. The molecular weight excluding hydrogens is 500 g/mol. The van der Waals surface area contributed by atoms with Crippen LogP contribution in [0, 0.1) is 0 Å². The van der Waals surface area contributed by atoms with Gasteiger partial charge in [0.1, 0.15) is 23.0 Å². The lowest BCUT2D eigenvalue weighted by Crippen LogP contribution is -2.38. The average molecular weight is 545 g/mol. The molecule has 0 aromatic heterocycles. The predicted molar refractivity (Wildman–Crippen MR) is 165 cm³/mol. The summed E-state index contributed by atoms with van der Waals surface area (Å²) in [4.78, 5) is 0. The van der Waals surface area contributed by atoms with Crippen molar-refractivity contribution >= 4 is 11.1 Å². The Balaban J connectivity index is 1.69. The SMILES string of the molecule is C=C/C=C(\C(=C)OC)c1cccc(CNC(CCCC)CNCc2cccc(C3=C(OC)CCC=C3)c2O)c1O. The fourth-order valence-corrected chi connectivity index (χ4v) is 4.92. The van der Waals surface area contributed by atoms with Crippen molar-refractivity contribution in [3.63, 3.8) is 0 Å². The lowest BCUT2D eigenvalue weighted by atomic mass is 9.95. The molecule has 2 aromatic carbocycles. The molecule has 6 heteroatoms. The van der Waals surface area contributed by atoms with Crippen LogP contribution in [0.25, 0.3) is 11.1 Å². The van der Waals surface area contributed by atoms with Crippen LogP contribution in [0.2, 0.25) is 0 Å². The molecule has 214 valence electrons. The lowest BCUT2D eigenvalue weighted by Gasteiger charge is -2.21. The van der Waals surface area contributed by atoms with Gasteiger partial charge in [-0.25, -0.2) is 0 Å². The number of phenolic OH excluding ortho intramolecular Hbond substituents is 2. The molecule has 0 saturated heterocycles. The molecule has 4 N–H and O–H groups in total. The van der Waals surface area contributed by atoms with E-state index in [-0.39, 0.29) is 17.5 Å². The Kier molecular flexibility index (Phi) is 12.1. The van der Waals surface area contributed by atoms with E-state index in [1.807, 2.05) is 42.5 Å². The van der Waals surface area contributed by atoms with Crippen LogP contribution in [0.1, 0.15) is 61.3 Å². The second kappa shape index (κ2) is 15.8. The zero-order chi connectivity index (χ0) is 28.9. The number of hydrogen-bond acceptors (Lipinski definition) is 6. The fraction of sp³-hybridized carbons (Fsp3) is 0.353. The smallest absolute Gasteiger partial charge is 0.128 e. The highest BCUT2D eigenvalue weighted by Gasteiger charge is 2.18. The molecule has 0 heterocycles. The third kappa shape index (κ3) is 7.90. The second-order valence-corrected chi connectivity index (χ2v) is 9.90. The fourth-order valence-electron chi connectivity index (χ4n) is 4.92. The van der Waals surface area contributed by atoms with E-state index in [1.54, 1.807) is 26.4 Å². The number of phenols is 2. The third-order valence-electron chi connectivity index (χ3n) is 7.21. The van der Waals surface area contributed by atoms with E-state index in [9.17, 15) is 10.2 Å². The number of ether oxygens (including phenoxy) is 2. The maximum Gasteiger partial charge on any atom is 0.128 e. The first kappa shape index (κ1) is 30.8. The molecule has 0 bridgehead atoms. The zero-order valence-corrected chi connectivity index (χ0v) is 24.1. The van der Waals surface area contributed by atoms with Gasteiger partial charge in [0.15, 0.2) is 0 Å². The molecule has 0 radical (unpaired) electrons. The highest BCUT2D eigenvalue weighted by atomic mass is 16.5. The Morgan fingerprint density at radius 1 is 1.07 bits per heavy atom. The quantitative estimate of drug-likeness (QED) is 0.135. The van der Waals surface area contributed by atoms with E-state index >= 15 is 0 Å². The molecule has 0 amide bonds. The Hall–Kier alpha value is -3.74. The number of allylic oxidation sites excluding steroid dienone is 7. The van der Waals surface area contributed by atoms with Crippen molar-refractivity contribution in [2.45, 2.75) is 58.2 Å². The van der Waals surface area contributed by atoms with Gasteiger partial charge in [-0.15, -0.1) is 0 Å². The molecule has 2 aromatic rings. The molecule has 1 atom stereocenters. The van der Waals surface area contributed by atoms with Crippen molar-refractivity contribution in [1.82, 2.24) is 10.6 Å². The van der Waals surface area contributed by atoms with Gasteiger partial charge in [-0.05, 0) is 12.8 Å². The van der Waals surface area contributed by atoms with Crippen molar-refractivity contribution in [3.05, 3.63) is 108 Å². The van der Waals surface area contributed by atoms with Gasteiger partial charge < -0.3 is 30.3 Å². The van der Waals surface area contributed by atoms with Gasteiger partial charge in [0.25, 0.3) is 0 Å². The monoisotopic (exact) mass is 544 g/mol. The molecule has 0 fully saturated rings. The minimum Gasteiger partial charge on any atom is -0.507 e.